The van der Waals surface area contributed by atoms with Crippen LogP contribution >= 0.6 is 0 Å². The molecule has 5 nitrogen and oxygen atoms in total. The Morgan fingerprint density at radius 2 is 2.10 bits per heavy atom. The van der Waals surface area contributed by atoms with Gasteiger partial charge in [0.2, 0.25) is 12.5 Å². The van der Waals surface area contributed by atoms with Crippen LogP contribution in [0, 0.1) is 5.92 Å². The van der Waals surface area contributed by atoms with Gasteiger partial charge < -0.3 is 24.3 Å². The molecule has 2 aliphatic heterocycles. The summed E-state index contributed by atoms with van der Waals surface area (Å²) in [6.45, 7) is 3.89. The van der Waals surface area contributed by atoms with Crippen LogP contribution in [0.3, 0.4) is 0 Å². The molecule has 0 unspecified atom stereocenters. The molecule has 2 aliphatic rings. The average Bonchev–Trinajstić information content (AvgIpc) is 2.96. The Kier molecular flexibility index (Phi) is 4.28. The molecule has 5 heteroatoms. The highest BCUT2D eigenvalue weighted by molar-refractivity contribution is 5.55. The van der Waals surface area contributed by atoms with Gasteiger partial charge in [-0.25, -0.2) is 0 Å². The van der Waals surface area contributed by atoms with E-state index in [1.54, 1.807) is 7.11 Å². The van der Waals surface area contributed by atoms with E-state index in [4.69, 9.17) is 18.9 Å². The van der Waals surface area contributed by atoms with Crippen LogP contribution in [0.25, 0.3) is 0 Å². The van der Waals surface area contributed by atoms with Crippen LogP contribution < -0.4 is 19.5 Å². The summed E-state index contributed by atoms with van der Waals surface area (Å²) >= 11 is 0. The summed E-state index contributed by atoms with van der Waals surface area (Å²) in [5.74, 6) is 2.94. The van der Waals surface area contributed by atoms with Gasteiger partial charge in [0.05, 0.1) is 7.11 Å². The molecule has 0 aliphatic carbocycles. The van der Waals surface area contributed by atoms with Crippen molar-refractivity contribution < 1.29 is 18.9 Å². The maximum absolute atomic E-state index is 5.43. The van der Waals surface area contributed by atoms with E-state index in [2.05, 4.69) is 5.32 Å². The monoisotopic (exact) mass is 279 g/mol. The standard InChI is InChI=1S/C15H21NO4/c1-17-13-6-12(7-14-15(13)20-10-19-14)9-16-8-11-2-4-18-5-3-11/h6-7,11,16H,2-5,8-10H2,1H3. The summed E-state index contributed by atoms with van der Waals surface area (Å²) < 4.78 is 21.5. The van der Waals surface area contributed by atoms with Crippen LogP contribution in [0.2, 0.25) is 0 Å². The van der Waals surface area contributed by atoms with Gasteiger partial charge in [0.25, 0.3) is 0 Å². The molecule has 0 bridgehead atoms. The summed E-state index contributed by atoms with van der Waals surface area (Å²) in [7, 11) is 1.65. The predicted molar refractivity (Wildman–Crippen MR) is 74.4 cm³/mol. The molecule has 110 valence electrons. The highest BCUT2D eigenvalue weighted by atomic mass is 16.7. The minimum absolute atomic E-state index is 0.269. The Balaban J connectivity index is 1.57. The summed E-state index contributed by atoms with van der Waals surface area (Å²) in [4.78, 5) is 0. The molecule has 1 fully saturated rings. The van der Waals surface area contributed by atoms with Crippen molar-refractivity contribution in [1.82, 2.24) is 5.32 Å². The number of hydrogen-bond acceptors (Lipinski definition) is 5. The first-order valence-electron chi connectivity index (χ1n) is 7.12. The maximum Gasteiger partial charge on any atom is 0.231 e. The quantitative estimate of drug-likeness (QED) is 0.892. The number of rotatable bonds is 5. The van der Waals surface area contributed by atoms with Crippen molar-refractivity contribution in [2.45, 2.75) is 19.4 Å². The van der Waals surface area contributed by atoms with Crippen LogP contribution in [-0.4, -0.2) is 33.7 Å². The number of nitrogens with one attached hydrogen (secondary N) is 1. The second-order valence-electron chi connectivity index (χ2n) is 5.22. The van der Waals surface area contributed by atoms with Gasteiger partial charge in [-0.3, -0.25) is 0 Å². The molecule has 3 rings (SSSR count). The molecule has 1 aromatic carbocycles. The summed E-state index contributed by atoms with van der Waals surface area (Å²) in [6.07, 6.45) is 2.30. The molecule has 0 saturated carbocycles. The molecule has 20 heavy (non-hydrogen) atoms. The van der Waals surface area contributed by atoms with Gasteiger partial charge in [-0.05, 0) is 43.0 Å². The largest absolute Gasteiger partial charge is 0.493 e. The van der Waals surface area contributed by atoms with Gasteiger partial charge >= 0.3 is 0 Å². The number of fused-ring (bicyclic) bond motifs is 1. The highest BCUT2D eigenvalue weighted by Gasteiger charge is 2.20. The lowest BCUT2D eigenvalue weighted by Gasteiger charge is -2.22. The number of methoxy groups -OCH3 is 1. The van der Waals surface area contributed by atoms with E-state index in [0.717, 1.165) is 62.1 Å². The van der Waals surface area contributed by atoms with Crippen molar-refractivity contribution in [2.24, 2.45) is 5.92 Å². The van der Waals surface area contributed by atoms with Gasteiger partial charge in [0, 0.05) is 19.8 Å². The van der Waals surface area contributed by atoms with E-state index in [1.165, 1.54) is 0 Å². The van der Waals surface area contributed by atoms with Crippen LogP contribution in [0.15, 0.2) is 12.1 Å². The lowest BCUT2D eigenvalue weighted by Crippen LogP contribution is -2.27. The molecule has 0 atom stereocenters. The molecule has 1 N–H and O–H groups in total. The Morgan fingerprint density at radius 1 is 1.25 bits per heavy atom. The summed E-state index contributed by atoms with van der Waals surface area (Å²) in [6, 6.07) is 4.02. The number of benzene rings is 1. The lowest BCUT2D eigenvalue weighted by molar-refractivity contribution is 0.0662. The summed E-state index contributed by atoms with van der Waals surface area (Å²) in [5.41, 5.74) is 1.15. The Labute approximate surface area is 119 Å². The maximum atomic E-state index is 5.43. The van der Waals surface area contributed by atoms with E-state index in [9.17, 15) is 0 Å². The fraction of sp³-hybridized carbons (Fsp3) is 0.600. The normalized spacial score (nSPS) is 18.2. The SMILES string of the molecule is COc1cc(CNCC2CCOCC2)cc2c1OCO2. The van der Waals surface area contributed by atoms with Gasteiger partial charge in [-0.2, -0.15) is 0 Å². The highest BCUT2D eigenvalue weighted by Crippen LogP contribution is 2.41. The second-order valence-corrected chi connectivity index (χ2v) is 5.22. The molecule has 1 saturated heterocycles. The Bertz CT molecular complexity index is 457. The first-order valence-corrected chi connectivity index (χ1v) is 7.12. The molecular formula is C15H21NO4. The van der Waals surface area contributed by atoms with Gasteiger partial charge in [0.15, 0.2) is 11.5 Å². The van der Waals surface area contributed by atoms with Crippen molar-refractivity contribution >= 4 is 0 Å². The number of hydrogen-bond donors (Lipinski definition) is 1. The Hall–Kier alpha value is -1.46. The van der Waals surface area contributed by atoms with Crippen molar-refractivity contribution in [1.29, 1.82) is 0 Å². The summed E-state index contributed by atoms with van der Waals surface area (Å²) in [5, 5.41) is 3.51. The second kappa shape index (κ2) is 6.33. The van der Waals surface area contributed by atoms with Gasteiger partial charge in [-0.1, -0.05) is 0 Å². The van der Waals surface area contributed by atoms with Crippen LogP contribution in [0.5, 0.6) is 17.2 Å². The third-order valence-electron chi connectivity index (χ3n) is 3.82. The molecule has 0 aromatic heterocycles. The van der Waals surface area contributed by atoms with Gasteiger partial charge in [0.1, 0.15) is 0 Å². The molecule has 0 amide bonds. The van der Waals surface area contributed by atoms with Crippen molar-refractivity contribution in [3.8, 4) is 17.2 Å². The smallest absolute Gasteiger partial charge is 0.231 e. The molecule has 1 aromatic rings. The fourth-order valence-corrected chi connectivity index (χ4v) is 2.66. The van der Waals surface area contributed by atoms with Crippen molar-refractivity contribution in [3.05, 3.63) is 17.7 Å². The topological polar surface area (TPSA) is 49.0 Å². The van der Waals surface area contributed by atoms with E-state index < -0.39 is 0 Å². The molecule has 2 heterocycles. The zero-order valence-electron chi connectivity index (χ0n) is 11.8. The average molecular weight is 279 g/mol. The van der Waals surface area contributed by atoms with Crippen molar-refractivity contribution in [2.75, 3.05) is 33.7 Å². The van der Waals surface area contributed by atoms with E-state index in [1.807, 2.05) is 12.1 Å². The predicted octanol–water partition coefficient (Wildman–Crippen LogP) is 1.94. The zero-order valence-corrected chi connectivity index (χ0v) is 11.8. The fourth-order valence-electron chi connectivity index (χ4n) is 2.66. The minimum Gasteiger partial charge on any atom is -0.493 e. The van der Waals surface area contributed by atoms with Crippen LogP contribution in [0.1, 0.15) is 18.4 Å². The molecular weight excluding hydrogens is 258 g/mol. The Morgan fingerprint density at radius 3 is 2.90 bits per heavy atom. The third kappa shape index (κ3) is 2.99. The first-order chi connectivity index (χ1) is 9.86. The molecule has 0 spiro atoms. The van der Waals surface area contributed by atoms with Crippen LogP contribution in [0.4, 0.5) is 0 Å². The van der Waals surface area contributed by atoms with Crippen molar-refractivity contribution in [3.63, 3.8) is 0 Å². The van der Waals surface area contributed by atoms with Crippen LogP contribution in [-0.2, 0) is 11.3 Å². The van der Waals surface area contributed by atoms with E-state index in [-0.39, 0.29) is 6.79 Å². The minimum atomic E-state index is 0.269. The van der Waals surface area contributed by atoms with E-state index in [0.29, 0.717) is 5.75 Å². The first kappa shape index (κ1) is 13.5. The molecule has 0 radical (unpaired) electrons. The zero-order chi connectivity index (χ0) is 13.8. The van der Waals surface area contributed by atoms with E-state index >= 15 is 0 Å². The van der Waals surface area contributed by atoms with Gasteiger partial charge in [-0.15, -0.1) is 0 Å². The lowest BCUT2D eigenvalue weighted by atomic mass is 10.0. The third-order valence-corrected chi connectivity index (χ3v) is 3.82. The number of ether oxygens (including phenoxy) is 4.